The monoisotopic (exact) mass is 374 g/mol. The van der Waals surface area contributed by atoms with Gasteiger partial charge in [-0.1, -0.05) is 18.2 Å². The molecule has 3 rings (SSSR count). The third kappa shape index (κ3) is 5.68. The van der Waals surface area contributed by atoms with Crippen molar-refractivity contribution in [2.45, 2.75) is 19.4 Å². The van der Waals surface area contributed by atoms with Crippen LogP contribution in [0.5, 0.6) is 5.75 Å². The van der Waals surface area contributed by atoms with Gasteiger partial charge in [-0.25, -0.2) is 0 Å². The third-order valence-corrected chi connectivity index (χ3v) is 5.32. The number of rotatable bonds is 7. The van der Waals surface area contributed by atoms with Crippen molar-refractivity contribution >= 4 is 11.8 Å². The molecule has 0 aliphatic carbocycles. The van der Waals surface area contributed by atoms with Crippen LogP contribution in [0.4, 0.5) is 0 Å². The van der Waals surface area contributed by atoms with Crippen molar-refractivity contribution in [3.63, 3.8) is 0 Å². The van der Waals surface area contributed by atoms with Gasteiger partial charge in [0.2, 0.25) is 11.8 Å². The fourth-order valence-corrected chi connectivity index (χ4v) is 3.67. The van der Waals surface area contributed by atoms with Crippen LogP contribution in [0.15, 0.2) is 24.3 Å². The van der Waals surface area contributed by atoms with Crippen LogP contribution in [0.1, 0.15) is 18.4 Å². The first-order valence-corrected chi connectivity index (χ1v) is 9.77. The summed E-state index contributed by atoms with van der Waals surface area (Å²) in [6, 6.07) is 7.70. The summed E-state index contributed by atoms with van der Waals surface area (Å²) in [6.45, 7) is 6.48. The second kappa shape index (κ2) is 9.71. The Morgan fingerprint density at radius 2 is 1.59 bits per heavy atom. The first-order chi connectivity index (χ1) is 13.2. The molecule has 0 bridgehead atoms. The van der Waals surface area contributed by atoms with E-state index in [4.69, 9.17) is 4.74 Å². The molecule has 2 fully saturated rings. The maximum atomic E-state index is 12.2. The molecule has 2 heterocycles. The standard InChI is InChI=1S/C20H30N4O3/c1-27-18-7-3-2-6-17(18)14-21-19(25)15-22-10-12-23(13-11-22)16-20(26)24-8-4-5-9-24/h2-3,6-7H,4-5,8-16H2,1H3,(H,21,25). The lowest BCUT2D eigenvalue weighted by atomic mass is 10.2. The van der Waals surface area contributed by atoms with E-state index in [1.807, 2.05) is 29.2 Å². The van der Waals surface area contributed by atoms with E-state index >= 15 is 0 Å². The fourth-order valence-electron chi connectivity index (χ4n) is 3.67. The Labute approximate surface area is 161 Å². The molecule has 2 aliphatic rings. The lowest BCUT2D eigenvalue weighted by Gasteiger charge is -2.34. The topological polar surface area (TPSA) is 65.1 Å². The lowest BCUT2D eigenvalue weighted by molar-refractivity contribution is -0.132. The zero-order chi connectivity index (χ0) is 19.1. The highest BCUT2D eigenvalue weighted by molar-refractivity contribution is 5.79. The molecule has 2 saturated heterocycles. The summed E-state index contributed by atoms with van der Waals surface area (Å²) >= 11 is 0. The van der Waals surface area contributed by atoms with E-state index in [1.165, 1.54) is 0 Å². The summed E-state index contributed by atoms with van der Waals surface area (Å²) in [4.78, 5) is 30.8. The SMILES string of the molecule is COc1ccccc1CNC(=O)CN1CCN(CC(=O)N2CCCC2)CC1. The number of hydrogen-bond acceptors (Lipinski definition) is 5. The molecule has 1 aromatic rings. The predicted molar refractivity (Wildman–Crippen MR) is 104 cm³/mol. The fraction of sp³-hybridized carbons (Fsp3) is 0.600. The quantitative estimate of drug-likeness (QED) is 0.755. The van der Waals surface area contributed by atoms with Crippen molar-refractivity contribution in [2.75, 3.05) is 59.5 Å². The van der Waals surface area contributed by atoms with Crippen molar-refractivity contribution in [3.05, 3.63) is 29.8 Å². The normalized spacial score (nSPS) is 18.5. The zero-order valence-corrected chi connectivity index (χ0v) is 16.2. The number of hydrogen-bond donors (Lipinski definition) is 1. The minimum Gasteiger partial charge on any atom is -0.496 e. The van der Waals surface area contributed by atoms with Gasteiger partial charge in [-0.3, -0.25) is 19.4 Å². The second-order valence-corrected chi connectivity index (χ2v) is 7.23. The number of piperazine rings is 1. The number of ether oxygens (including phenoxy) is 1. The Bertz CT molecular complexity index is 638. The molecule has 0 spiro atoms. The van der Waals surface area contributed by atoms with Gasteiger partial charge in [0.1, 0.15) is 5.75 Å². The van der Waals surface area contributed by atoms with Gasteiger partial charge in [0, 0.05) is 51.4 Å². The molecule has 7 nitrogen and oxygen atoms in total. The van der Waals surface area contributed by atoms with Crippen LogP contribution in [-0.4, -0.2) is 86.0 Å². The molecule has 2 amide bonds. The molecular weight excluding hydrogens is 344 g/mol. The van der Waals surface area contributed by atoms with Gasteiger partial charge in [0.15, 0.2) is 0 Å². The largest absolute Gasteiger partial charge is 0.496 e. The van der Waals surface area contributed by atoms with Gasteiger partial charge in [-0.2, -0.15) is 0 Å². The Kier molecular flexibility index (Phi) is 7.06. The average molecular weight is 374 g/mol. The van der Waals surface area contributed by atoms with E-state index in [1.54, 1.807) is 7.11 Å². The van der Waals surface area contributed by atoms with Crippen LogP contribution >= 0.6 is 0 Å². The summed E-state index contributed by atoms with van der Waals surface area (Å²) in [6.07, 6.45) is 2.26. The van der Waals surface area contributed by atoms with Crippen molar-refractivity contribution in [2.24, 2.45) is 0 Å². The molecule has 1 aromatic carbocycles. The number of carbonyl (C=O) groups excluding carboxylic acids is 2. The van der Waals surface area contributed by atoms with E-state index < -0.39 is 0 Å². The van der Waals surface area contributed by atoms with Crippen LogP contribution in [0, 0.1) is 0 Å². The molecule has 0 unspecified atom stereocenters. The van der Waals surface area contributed by atoms with Gasteiger partial charge >= 0.3 is 0 Å². The van der Waals surface area contributed by atoms with Gasteiger partial charge in [0.05, 0.1) is 20.2 Å². The number of amides is 2. The zero-order valence-electron chi connectivity index (χ0n) is 16.2. The molecule has 27 heavy (non-hydrogen) atoms. The van der Waals surface area contributed by atoms with Crippen LogP contribution in [0.2, 0.25) is 0 Å². The molecule has 1 N–H and O–H groups in total. The van der Waals surface area contributed by atoms with E-state index in [-0.39, 0.29) is 11.8 Å². The molecule has 0 aromatic heterocycles. The summed E-state index contributed by atoms with van der Waals surface area (Å²) in [7, 11) is 1.63. The summed E-state index contributed by atoms with van der Waals surface area (Å²) in [5.41, 5.74) is 0.971. The molecule has 7 heteroatoms. The lowest BCUT2D eigenvalue weighted by Crippen LogP contribution is -2.51. The summed E-state index contributed by atoms with van der Waals surface area (Å²) in [5, 5.41) is 2.97. The predicted octanol–water partition coefficient (Wildman–Crippen LogP) is 0.551. The number of nitrogens with zero attached hydrogens (tertiary/aromatic N) is 3. The van der Waals surface area contributed by atoms with E-state index in [2.05, 4.69) is 15.1 Å². The summed E-state index contributed by atoms with van der Waals surface area (Å²) in [5.74, 6) is 1.05. The van der Waals surface area contributed by atoms with Gasteiger partial charge in [0.25, 0.3) is 0 Å². The Morgan fingerprint density at radius 1 is 0.963 bits per heavy atom. The number of methoxy groups -OCH3 is 1. The Hall–Kier alpha value is -2.12. The minimum atomic E-state index is 0.0162. The minimum absolute atomic E-state index is 0.0162. The molecule has 148 valence electrons. The second-order valence-electron chi connectivity index (χ2n) is 7.23. The first-order valence-electron chi connectivity index (χ1n) is 9.77. The number of likely N-dealkylation sites (tertiary alicyclic amines) is 1. The smallest absolute Gasteiger partial charge is 0.236 e. The Morgan fingerprint density at radius 3 is 2.26 bits per heavy atom. The number of para-hydroxylation sites is 1. The van der Waals surface area contributed by atoms with E-state index in [9.17, 15) is 9.59 Å². The van der Waals surface area contributed by atoms with Gasteiger partial charge in [-0.05, 0) is 18.9 Å². The van der Waals surface area contributed by atoms with E-state index in [0.29, 0.717) is 19.6 Å². The van der Waals surface area contributed by atoms with Gasteiger partial charge in [-0.15, -0.1) is 0 Å². The van der Waals surface area contributed by atoms with Crippen molar-refractivity contribution in [3.8, 4) is 5.75 Å². The molecule has 0 saturated carbocycles. The average Bonchev–Trinajstić information content (AvgIpc) is 3.23. The molecule has 0 atom stereocenters. The highest BCUT2D eigenvalue weighted by Gasteiger charge is 2.24. The highest BCUT2D eigenvalue weighted by atomic mass is 16.5. The van der Waals surface area contributed by atoms with Crippen molar-refractivity contribution in [1.82, 2.24) is 20.0 Å². The number of carbonyl (C=O) groups is 2. The van der Waals surface area contributed by atoms with E-state index in [0.717, 1.165) is 63.4 Å². The number of benzene rings is 1. The molecular formula is C20H30N4O3. The maximum absolute atomic E-state index is 12.2. The molecule has 0 radical (unpaired) electrons. The van der Waals surface area contributed by atoms with Crippen molar-refractivity contribution < 1.29 is 14.3 Å². The maximum Gasteiger partial charge on any atom is 0.236 e. The van der Waals surface area contributed by atoms with Crippen LogP contribution in [0.3, 0.4) is 0 Å². The Balaban J connectivity index is 1.36. The van der Waals surface area contributed by atoms with Crippen molar-refractivity contribution in [1.29, 1.82) is 0 Å². The van der Waals surface area contributed by atoms with Gasteiger partial charge < -0.3 is 15.0 Å². The van der Waals surface area contributed by atoms with Crippen LogP contribution in [0.25, 0.3) is 0 Å². The highest BCUT2D eigenvalue weighted by Crippen LogP contribution is 2.16. The number of nitrogens with one attached hydrogen (secondary N) is 1. The third-order valence-electron chi connectivity index (χ3n) is 5.32. The first kappa shape index (κ1) is 19.6. The van der Waals surface area contributed by atoms with Crippen LogP contribution < -0.4 is 10.1 Å². The summed E-state index contributed by atoms with van der Waals surface area (Å²) < 4.78 is 5.31. The molecule has 2 aliphatic heterocycles. The van der Waals surface area contributed by atoms with Crippen LogP contribution in [-0.2, 0) is 16.1 Å².